The van der Waals surface area contributed by atoms with Crippen LogP contribution in [0.3, 0.4) is 0 Å². The summed E-state index contributed by atoms with van der Waals surface area (Å²) in [6.45, 7) is 4.92. The zero-order chi connectivity index (χ0) is 51.9. The van der Waals surface area contributed by atoms with Crippen LogP contribution in [0.15, 0.2) is 0 Å². The zero-order valence-electron chi connectivity index (χ0n) is 44.4. The normalized spacial score (nSPS) is 10.6. The molecule has 71 heavy (non-hydrogen) atoms. The second kappa shape index (κ2) is 56.4. The van der Waals surface area contributed by atoms with Gasteiger partial charge in [0.25, 0.3) is 0 Å². The van der Waals surface area contributed by atoms with Gasteiger partial charge < -0.3 is 64.7 Å². The molecule has 0 saturated heterocycles. The Kier molecular flexibility index (Phi) is 64.4. The number of aliphatic carboxylic acids is 6. The third-order valence-corrected chi connectivity index (χ3v) is 11.1. The molecule has 0 bridgehead atoms. The largest absolute Gasteiger partial charge is 1.00 e. The van der Waals surface area contributed by atoms with Crippen LogP contribution in [0.1, 0.15) is 245 Å². The number of esters is 2. The molecule has 0 aromatic carbocycles. The Labute approximate surface area is 490 Å². The molecule has 0 aliphatic heterocycles. The Bertz CT molecular complexity index is 1240. The molecular weight excluding hydrogens is 958 g/mol. The maximum absolute atomic E-state index is 11.9. The maximum Gasteiger partial charge on any atom is 1.00 e. The second-order valence-corrected chi connectivity index (χ2v) is 17.7. The second-order valence-electron chi connectivity index (χ2n) is 17.7. The number of rotatable bonds is 45. The van der Waals surface area contributed by atoms with Gasteiger partial charge in [0.1, 0.15) is 18.8 Å². The Morgan fingerprint density at radius 1 is 0.366 bits per heavy atom. The minimum Gasteiger partial charge on any atom is -0.550 e. The van der Waals surface area contributed by atoms with Crippen LogP contribution in [0.25, 0.3) is 0 Å². The topological polar surface area (TPSA) is 325 Å². The van der Waals surface area contributed by atoms with Crippen molar-refractivity contribution in [3.8, 4) is 0 Å². The Morgan fingerprint density at radius 3 is 0.775 bits per heavy atom. The van der Waals surface area contributed by atoms with E-state index >= 15 is 0 Å². The number of carbonyl (C=O) groups excluding carboxylic acids is 5. The average Bonchev–Trinajstić information content (AvgIpc) is 3.24. The van der Waals surface area contributed by atoms with E-state index < -0.39 is 72.7 Å². The van der Waals surface area contributed by atoms with Crippen molar-refractivity contribution in [1.82, 2.24) is 0 Å². The van der Waals surface area contributed by atoms with Gasteiger partial charge in [0.15, 0.2) is 5.60 Å². The molecule has 21 heteroatoms. The first kappa shape index (κ1) is 81.1. The van der Waals surface area contributed by atoms with Gasteiger partial charge in [-0.1, -0.05) is 194 Å². The van der Waals surface area contributed by atoms with E-state index in [1.165, 1.54) is 167 Å². The molecule has 0 unspecified atom stereocenters. The van der Waals surface area contributed by atoms with Crippen molar-refractivity contribution in [3.05, 3.63) is 0 Å². The van der Waals surface area contributed by atoms with Crippen LogP contribution in [0.4, 0.5) is 0 Å². The van der Waals surface area contributed by atoms with Crippen LogP contribution in [-0.4, -0.2) is 97.7 Å². The molecule has 0 radical (unpaired) electrons. The van der Waals surface area contributed by atoms with E-state index in [4.69, 9.17) is 35.0 Å². The summed E-state index contributed by atoms with van der Waals surface area (Å²) in [5, 5.41) is 72.7. The first-order chi connectivity index (χ1) is 32.3. The fourth-order valence-corrected chi connectivity index (χ4v) is 7.14. The summed E-state index contributed by atoms with van der Waals surface area (Å²) in [5.41, 5.74) is -5.71. The fourth-order valence-electron chi connectivity index (χ4n) is 7.14. The first-order valence-electron chi connectivity index (χ1n) is 25.3. The minimum atomic E-state index is -2.97. The van der Waals surface area contributed by atoms with Gasteiger partial charge in [-0.25, -0.2) is 4.79 Å². The minimum absolute atomic E-state index is 0. The molecule has 0 amide bonds. The summed E-state index contributed by atoms with van der Waals surface area (Å²) >= 11 is 0. The molecule has 0 saturated carbocycles. The van der Waals surface area contributed by atoms with Gasteiger partial charge in [0.05, 0.1) is 18.8 Å². The maximum atomic E-state index is 11.9. The Balaban J connectivity index is -0.000000297. The van der Waals surface area contributed by atoms with E-state index in [1.807, 2.05) is 0 Å². The van der Waals surface area contributed by atoms with E-state index in [-0.39, 0.29) is 114 Å². The summed E-state index contributed by atoms with van der Waals surface area (Å²) < 4.78 is 10.5. The van der Waals surface area contributed by atoms with Gasteiger partial charge in [-0.15, -0.1) is 0 Å². The van der Waals surface area contributed by atoms with Crippen LogP contribution < -0.4 is 104 Å². The Hall–Kier alpha value is -1.32. The van der Waals surface area contributed by atoms with Gasteiger partial charge in [-0.2, -0.15) is 0 Å². The predicted molar refractivity (Wildman–Crippen MR) is 247 cm³/mol. The van der Waals surface area contributed by atoms with Crippen LogP contribution in [0.5, 0.6) is 0 Å². The zero-order valence-corrected chi connectivity index (χ0v) is 50.4. The van der Waals surface area contributed by atoms with Gasteiger partial charge in [0, 0.05) is 37.6 Å². The number of unbranched alkanes of at least 4 members (excludes halogenated alkanes) is 28. The van der Waals surface area contributed by atoms with Gasteiger partial charge in [0.2, 0.25) is 0 Å². The van der Waals surface area contributed by atoms with Gasteiger partial charge in [-0.3, -0.25) is 19.2 Å². The van der Waals surface area contributed by atoms with Crippen molar-refractivity contribution in [3.63, 3.8) is 0 Å². The van der Waals surface area contributed by atoms with E-state index in [9.17, 15) is 53.7 Å². The third kappa shape index (κ3) is 59.4. The van der Waals surface area contributed by atoms with Crippen molar-refractivity contribution >= 4 is 47.8 Å². The summed E-state index contributed by atoms with van der Waals surface area (Å²) in [6.07, 6.45) is 35.5. The molecule has 398 valence electrons. The van der Waals surface area contributed by atoms with Crippen molar-refractivity contribution in [2.24, 2.45) is 0 Å². The molecule has 18 nitrogen and oxygen atoms in total. The van der Waals surface area contributed by atoms with Crippen LogP contribution in [-0.2, 0) is 47.8 Å². The molecule has 0 aromatic heterocycles. The molecule has 0 fully saturated rings. The van der Waals surface area contributed by atoms with Gasteiger partial charge in [-0.05, 0) is 12.8 Å². The summed E-state index contributed by atoms with van der Waals surface area (Å²) in [5.74, 6) is -11.3. The van der Waals surface area contributed by atoms with Crippen LogP contribution in [0.2, 0.25) is 0 Å². The smallest absolute Gasteiger partial charge is 0.550 e. The predicted octanol–water partition coefficient (Wildman–Crippen LogP) is -2.89. The molecule has 0 rings (SSSR count). The summed E-state index contributed by atoms with van der Waals surface area (Å²) in [7, 11) is 0. The fraction of sp³-hybridized carbons (Fsp3) is 0.840. The van der Waals surface area contributed by atoms with Crippen LogP contribution in [0, 0.1) is 0 Å². The molecule has 0 heterocycles. The van der Waals surface area contributed by atoms with Gasteiger partial charge >= 0.3 is 119 Å². The average molecular weight is 1050 g/mol. The number of carbonyl (C=O) groups is 8. The molecule has 0 aliphatic rings. The molecule has 5 N–H and O–H groups in total. The van der Waals surface area contributed by atoms with Crippen molar-refractivity contribution in [2.45, 2.75) is 256 Å². The number of hydrogen-bond donors (Lipinski definition) is 5. The van der Waals surface area contributed by atoms with E-state index in [0.29, 0.717) is 12.8 Å². The van der Waals surface area contributed by atoms with E-state index in [1.54, 1.807) is 0 Å². The number of hydrogen-bond acceptors (Lipinski definition) is 15. The summed E-state index contributed by atoms with van der Waals surface area (Å²) in [4.78, 5) is 84.3. The van der Waals surface area contributed by atoms with Crippen LogP contribution >= 0.6 is 0 Å². The molecular formula is C50H87Na3O18. The number of ether oxygens (including phenoxy) is 2. The first-order valence-corrected chi connectivity index (χ1v) is 25.3. The van der Waals surface area contributed by atoms with Crippen molar-refractivity contribution in [2.75, 3.05) is 13.2 Å². The number of aliphatic hydroxyl groups is 2. The molecule has 0 aromatic rings. The Morgan fingerprint density at radius 2 is 0.592 bits per heavy atom. The molecule has 0 spiro atoms. The molecule has 0 atom stereocenters. The van der Waals surface area contributed by atoms with Crippen molar-refractivity contribution < 1.29 is 177 Å². The van der Waals surface area contributed by atoms with Crippen molar-refractivity contribution in [1.29, 1.82) is 0 Å². The third-order valence-electron chi connectivity index (χ3n) is 11.1. The monoisotopic (exact) mass is 1040 g/mol. The standard InChI is InChI=1S/C38H74O4.2C6H8O7.3Na/c1-3-5-7-9-11-13-15-17-19-21-23-25-27-29-31-33-37(39)41-35-36-42-38(40)34-32-30-28-26-24-22-20-18-16-14-12-10-8-6-4-2;2*7-3(8)1-6(13,5(11)12)2-4(9)10;;;/h3-36H2,1-2H3;2*13H,1-2H2,(H,7,8)(H,9,10)(H,11,12);;;/q;;;3*+1/p-3. The summed E-state index contributed by atoms with van der Waals surface area (Å²) in [6, 6.07) is 0. The number of carboxylic acids is 6. The van der Waals surface area contributed by atoms with E-state index in [0.717, 1.165) is 25.7 Å². The SMILES string of the molecule is CCCCCCCCCCCCCCCCCC(=O)OCCOC(=O)CCCCCCCCCCCCCCCCC.O=C(O)CC(O)(CC(=O)O)C(=O)O.O=C([O-])CC(O)(CC(=O)[O-])C(=O)[O-].[Na+].[Na+].[Na+]. The van der Waals surface area contributed by atoms with E-state index in [2.05, 4.69) is 13.8 Å². The quantitative estimate of drug-likeness (QED) is 0.0232. The molecule has 0 aliphatic carbocycles. The number of carboxylic acid groups (broad SMARTS) is 6.